The molecule has 3 aromatic rings. The number of carboxylic acids is 1. The van der Waals surface area contributed by atoms with E-state index in [1.165, 1.54) is 6.42 Å². The molecule has 2 aromatic carbocycles. The highest BCUT2D eigenvalue weighted by Gasteiger charge is 2.65. The largest absolute Gasteiger partial charge is 0.488 e. The Labute approximate surface area is 227 Å². The Bertz CT molecular complexity index is 1390. The predicted octanol–water partition coefficient (Wildman–Crippen LogP) is 5.54. The van der Waals surface area contributed by atoms with E-state index < -0.39 is 5.97 Å². The van der Waals surface area contributed by atoms with E-state index in [1.54, 1.807) is 11.3 Å². The van der Waals surface area contributed by atoms with Gasteiger partial charge >= 0.3 is 5.97 Å². The van der Waals surface area contributed by atoms with Crippen LogP contribution in [0.2, 0.25) is 0 Å². The second kappa shape index (κ2) is 9.73. The van der Waals surface area contributed by atoms with E-state index in [1.807, 2.05) is 42.2 Å². The van der Waals surface area contributed by atoms with Gasteiger partial charge in [-0.25, -0.2) is 4.98 Å². The number of thiazole rings is 1. The van der Waals surface area contributed by atoms with Gasteiger partial charge in [-0.15, -0.1) is 11.3 Å². The molecule has 2 saturated heterocycles. The molecule has 1 aromatic heterocycles. The van der Waals surface area contributed by atoms with Crippen LogP contribution in [0, 0.1) is 25.2 Å². The van der Waals surface area contributed by atoms with Gasteiger partial charge in [0.1, 0.15) is 12.4 Å². The Kier molecular flexibility index (Phi) is 6.38. The number of aromatic nitrogens is 1. The molecule has 3 heterocycles. The first-order chi connectivity index (χ1) is 18.3. The molecule has 0 bridgehead atoms. The smallest absolute Gasteiger partial charge is 0.307 e. The van der Waals surface area contributed by atoms with E-state index in [4.69, 9.17) is 9.72 Å². The predicted molar refractivity (Wildman–Crippen MR) is 148 cm³/mol. The van der Waals surface area contributed by atoms with Gasteiger partial charge in [-0.2, -0.15) is 0 Å². The lowest BCUT2D eigenvalue weighted by molar-refractivity contribution is -0.139. The average Bonchev–Trinajstić information content (AvgIpc) is 3.49. The van der Waals surface area contributed by atoms with Crippen LogP contribution >= 0.6 is 11.3 Å². The molecule has 0 radical (unpaired) electrons. The molecule has 7 nitrogen and oxygen atoms in total. The third-order valence-corrected chi connectivity index (χ3v) is 9.19. The minimum atomic E-state index is -0.676. The van der Waals surface area contributed by atoms with Gasteiger partial charge in [0.05, 0.1) is 11.6 Å². The third-order valence-electron chi connectivity index (χ3n) is 8.29. The van der Waals surface area contributed by atoms with Crippen LogP contribution in [0.25, 0.3) is 11.3 Å². The summed E-state index contributed by atoms with van der Waals surface area (Å²) >= 11 is 1.59. The molecule has 1 unspecified atom stereocenters. The maximum atomic E-state index is 12.9. The van der Waals surface area contributed by atoms with E-state index >= 15 is 0 Å². The number of aliphatic carboxylic acids is 1. The summed E-state index contributed by atoms with van der Waals surface area (Å²) in [6, 6.07) is 12.0. The zero-order valence-electron chi connectivity index (χ0n) is 21.9. The Balaban J connectivity index is 1.14. The number of hydrogen-bond acceptors (Lipinski definition) is 6. The molecular weight excluding hydrogens is 498 g/mol. The van der Waals surface area contributed by atoms with E-state index in [2.05, 4.69) is 23.3 Å². The van der Waals surface area contributed by atoms with Crippen molar-refractivity contribution in [3.63, 3.8) is 0 Å². The summed E-state index contributed by atoms with van der Waals surface area (Å²) in [6.07, 6.45) is 4.15. The molecule has 2 aliphatic heterocycles. The maximum absolute atomic E-state index is 12.9. The summed E-state index contributed by atoms with van der Waals surface area (Å²) < 4.78 is 6.31. The molecule has 3 fully saturated rings. The quantitative estimate of drug-likeness (QED) is 0.431. The number of aryl methyl sites for hydroxylation is 2. The molecular formula is C30H33N3O4S. The van der Waals surface area contributed by atoms with Crippen LogP contribution < -0.4 is 9.64 Å². The molecule has 198 valence electrons. The van der Waals surface area contributed by atoms with Crippen LogP contribution in [0.5, 0.6) is 5.75 Å². The van der Waals surface area contributed by atoms with Gasteiger partial charge in [-0.05, 0) is 74.9 Å². The minimum absolute atomic E-state index is 0.0406. The van der Waals surface area contributed by atoms with Crippen molar-refractivity contribution < 1.29 is 19.4 Å². The summed E-state index contributed by atoms with van der Waals surface area (Å²) in [4.78, 5) is 33.2. The van der Waals surface area contributed by atoms with E-state index in [0.29, 0.717) is 6.61 Å². The number of anilines is 1. The molecule has 1 saturated carbocycles. The summed E-state index contributed by atoms with van der Waals surface area (Å²) in [5, 5.41) is 12.3. The zero-order valence-corrected chi connectivity index (χ0v) is 22.7. The molecule has 38 heavy (non-hydrogen) atoms. The Morgan fingerprint density at radius 2 is 1.89 bits per heavy atom. The van der Waals surface area contributed by atoms with Gasteiger partial charge < -0.3 is 19.6 Å². The van der Waals surface area contributed by atoms with Crippen LogP contribution in [0.4, 0.5) is 5.13 Å². The number of carbonyl (C=O) groups excluding carboxylic acids is 1. The lowest BCUT2D eigenvalue weighted by Gasteiger charge is -2.40. The van der Waals surface area contributed by atoms with Crippen molar-refractivity contribution in [2.45, 2.75) is 46.1 Å². The number of likely N-dealkylation sites (tertiary alicyclic amines) is 1. The number of amides is 1. The lowest BCUT2D eigenvalue weighted by atomic mass is 9.94. The van der Waals surface area contributed by atoms with Gasteiger partial charge in [-0.3, -0.25) is 9.59 Å². The fourth-order valence-electron chi connectivity index (χ4n) is 5.82. The van der Waals surface area contributed by atoms with Gasteiger partial charge in [0.15, 0.2) is 5.13 Å². The number of benzene rings is 2. The van der Waals surface area contributed by atoms with Gasteiger partial charge in [0.25, 0.3) is 5.91 Å². The number of nitrogens with zero attached hydrogens (tertiary/aromatic N) is 3. The highest BCUT2D eigenvalue weighted by atomic mass is 32.1. The standard InChI is InChI=1S/C30H33N3O4S/c1-19-6-9-26(37-15-22-8-7-21(13-20(22)2)27(34)32-10-4-3-5-11-32)23(12-19)25-16-38-29(31-25)33-17-30(18-33)14-24(30)28(35)36/h6-9,12-13,16,24H,3-5,10-11,14-15,17-18H2,1-2H3,(H,35,36). The second-order valence-electron chi connectivity index (χ2n) is 11.1. The van der Waals surface area contributed by atoms with Crippen molar-refractivity contribution in [2.24, 2.45) is 11.3 Å². The number of ether oxygens (including phenoxy) is 1. The number of rotatable bonds is 7. The van der Waals surface area contributed by atoms with Gasteiger partial charge in [0, 0.05) is 48.1 Å². The number of hydrogen-bond donors (Lipinski definition) is 1. The fraction of sp³-hybridized carbons (Fsp3) is 0.433. The van der Waals surface area contributed by atoms with Crippen LogP contribution in [-0.2, 0) is 11.4 Å². The molecule has 3 aliphatic rings. The molecule has 8 heteroatoms. The van der Waals surface area contributed by atoms with E-state index in [-0.39, 0.29) is 17.2 Å². The van der Waals surface area contributed by atoms with E-state index in [0.717, 1.165) is 89.8 Å². The highest BCUT2D eigenvalue weighted by Crippen LogP contribution is 2.59. The zero-order chi connectivity index (χ0) is 26.4. The molecule has 1 atom stereocenters. The van der Waals surface area contributed by atoms with E-state index in [9.17, 15) is 14.7 Å². The lowest BCUT2D eigenvalue weighted by Crippen LogP contribution is -2.50. The first-order valence-electron chi connectivity index (χ1n) is 13.4. The van der Waals surface area contributed by atoms with Crippen LogP contribution in [0.1, 0.15) is 52.7 Å². The van der Waals surface area contributed by atoms with Crippen molar-refractivity contribution >= 4 is 28.3 Å². The van der Waals surface area contributed by atoms with Crippen LogP contribution in [0.15, 0.2) is 41.8 Å². The molecule has 1 N–H and O–H groups in total. The number of carbonyl (C=O) groups is 2. The van der Waals surface area contributed by atoms with Crippen LogP contribution in [0.3, 0.4) is 0 Å². The normalized spacial score (nSPS) is 19.8. The Morgan fingerprint density at radius 1 is 1.11 bits per heavy atom. The summed E-state index contributed by atoms with van der Waals surface area (Å²) in [6.45, 7) is 7.72. The van der Waals surface area contributed by atoms with Gasteiger partial charge in [-0.1, -0.05) is 17.7 Å². The van der Waals surface area contributed by atoms with Crippen molar-refractivity contribution in [2.75, 3.05) is 31.1 Å². The first-order valence-corrected chi connectivity index (χ1v) is 14.3. The SMILES string of the molecule is Cc1ccc(OCc2ccc(C(=O)N3CCCCC3)cc2C)c(-c2csc(N3CC4(CC4C(=O)O)C3)n2)c1. The molecule has 6 rings (SSSR count). The highest BCUT2D eigenvalue weighted by molar-refractivity contribution is 7.14. The van der Waals surface area contributed by atoms with Crippen LogP contribution in [-0.4, -0.2) is 53.0 Å². The van der Waals surface area contributed by atoms with Gasteiger partial charge in [0.2, 0.25) is 0 Å². The summed E-state index contributed by atoms with van der Waals surface area (Å²) in [5.74, 6) is 0.0159. The summed E-state index contributed by atoms with van der Waals surface area (Å²) in [5.41, 5.74) is 5.75. The average molecular weight is 532 g/mol. The first kappa shape index (κ1) is 24.9. The number of carboxylic acid groups (broad SMARTS) is 1. The number of piperidine rings is 1. The topological polar surface area (TPSA) is 83.0 Å². The monoisotopic (exact) mass is 531 g/mol. The molecule has 1 spiro atoms. The second-order valence-corrected chi connectivity index (χ2v) is 11.9. The third kappa shape index (κ3) is 4.66. The maximum Gasteiger partial charge on any atom is 0.307 e. The Morgan fingerprint density at radius 3 is 2.61 bits per heavy atom. The Hall–Kier alpha value is -3.39. The van der Waals surface area contributed by atoms with Crippen molar-refractivity contribution in [1.82, 2.24) is 9.88 Å². The van der Waals surface area contributed by atoms with Crippen molar-refractivity contribution in [3.8, 4) is 17.0 Å². The van der Waals surface area contributed by atoms with Crippen molar-refractivity contribution in [1.29, 1.82) is 0 Å². The molecule has 1 amide bonds. The fourth-order valence-corrected chi connectivity index (χ4v) is 6.65. The van der Waals surface area contributed by atoms with Crippen molar-refractivity contribution in [3.05, 3.63) is 64.0 Å². The minimum Gasteiger partial charge on any atom is -0.488 e. The summed E-state index contributed by atoms with van der Waals surface area (Å²) in [7, 11) is 0. The molecule has 1 aliphatic carbocycles.